The Morgan fingerprint density at radius 2 is 1.70 bits per heavy atom. The Morgan fingerprint density at radius 3 is 2.30 bits per heavy atom. The third-order valence-corrected chi connectivity index (χ3v) is 7.10. The van der Waals surface area contributed by atoms with Crippen LogP contribution in [0.4, 0.5) is 5.69 Å². The molecule has 0 saturated carbocycles. The van der Waals surface area contributed by atoms with Gasteiger partial charge in [-0.25, -0.2) is 13.8 Å². The van der Waals surface area contributed by atoms with Crippen molar-refractivity contribution in [3.8, 4) is 5.75 Å². The number of ether oxygens (including phenoxy) is 1. The van der Waals surface area contributed by atoms with Crippen LogP contribution in [0.2, 0.25) is 0 Å². The summed E-state index contributed by atoms with van der Waals surface area (Å²) in [6, 6.07) is 22.2. The van der Waals surface area contributed by atoms with Crippen molar-refractivity contribution < 1.29 is 17.9 Å². The molecule has 0 atom stereocenters. The van der Waals surface area contributed by atoms with Crippen molar-refractivity contribution in [2.75, 3.05) is 23.7 Å². The van der Waals surface area contributed by atoms with Gasteiger partial charge < -0.3 is 4.74 Å². The number of rotatable bonds is 10. The van der Waals surface area contributed by atoms with E-state index in [1.165, 1.54) is 18.3 Å². The van der Waals surface area contributed by atoms with Gasteiger partial charge in [-0.1, -0.05) is 30.3 Å². The Kier molecular flexibility index (Phi) is 8.51. The van der Waals surface area contributed by atoms with Gasteiger partial charge in [0.25, 0.3) is 15.9 Å². The van der Waals surface area contributed by atoms with Crippen LogP contribution in [0.5, 0.6) is 5.75 Å². The van der Waals surface area contributed by atoms with E-state index in [0.717, 1.165) is 14.8 Å². The summed E-state index contributed by atoms with van der Waals surface area (Å²) in [6.07, 6.45) is 3.50. The monoisotopic (exact) mass is 483 g/mol. The van der Waals surface area contributed by atoms with Crippen LogP contribution in [0.15, 0.2) is 93.8 Å². The maximum atomic E-state index is 13.4. The number of hydrogen-bond donors (Lipinski definition) is 1. The van der Waals surface area contributed by atoms with Gasteiger partial charge in [-0.05, 0) is 67.3 Å². The first-order valence-corrected chi connectivity index (χ1v) is 12.9. The Balaban J connectivity index is 1.77. The second-order valence-corrected chi connectivity index (χ2v) is 9.56. The molecule has 0 bridgehead atoms. The summed E-state index contributed by atoms with van der Waals surface area (Å²) in [4.78, 5) is 13.8. The average Bonchev–Trinajstić information content (AvgIpc) is 2.84. The largest absolute Gasteiger partial charge is 0.494 e. The van der Waals surface area contributed by atoms with Crippen molar-refractivity contribution in [2.45, 2.75) is 16.7 Å². The van der Waals surface area contributed by atoms with E-state index in [1.54, 1.807) is 54.2 Å². The molecule has 0 unspecified atom stereocenters. The molecule has 0 aromatic heterocycles. The van der Waals surface area contributed by atoms with E-state index in [-0.39, 0.29) is 4.90 Å². The SMILES string of the molecule is CCOc1ccc(S(=O)(=O)N(CC(=O)N/N=C\c2ccc(SC)cc2)c2ccccc2)cc1. The third-order valence-electron chi connectivity index (χ3n) is 4.57. The summed E-state index contributed by atoms with van der Waals surface area (Å²) in [5.41, 5.74) is 3.60. The van der Waals surface area contributed by atoms with Gasteiger partial charge in [-0.15, -0.1) is 11.8 Å². The molecule has 0 aliphatic heterocycles. The summed E-state index contributed by atoms with van der Waals surface area (Å²) < 4.78 is 33.2. The topological polar surface area (TPSA) is 88.1 Å². The minimum absolute atomic E-state index is 0.0555. The summed E-state index contributed by atoms with van der Waals surface area (Å²) in [5, 5.41) is 3.96. The first-order chi connectivity index (χ1) is 15.9. The summed E-state index contributed by atoms with van der Waals surface area (Å²) in [6.45, 7) is 1.90. The molecular formula is C24H25N3O4S2. The van der Waals surface area contributed by atoms with Gasteiger partial charge in [0.15, 0.2) is 0 Å². The number of carbonyl (C=O) groups is 1. The van der Waals surface area contributed by atoms with Crippen LogP contribution in [-0.4, -0.2) is 39.9 Å². The van der Waals surface area contributed by atoms with E-state index in [4.69, 9.17) is 4.74 Å². The molecule has 0 aliphatic rings. The van der Waals surface area contributed by atoms with Crippen molar-refractivity contribution in [1.82, 2.24) is 5.43 Å². The molecule has 9 heteroatoms. The molecule has 7 nitrogen and oxygen atoms in total. The predicted molar refractivity (Wildman–Crippen MR) is 133 cm³/mol. The van der Waals surface area contributed by atoms with Gasteiger partial charge in [0.1, 0.15) is 12.3 Å². The zero-order chi connectivity index (χ0) is 23.7. The van der Waals surface area contributed by atoms with Crippen LogP contribution < -0.4 is 14.5 Å². The van der Waals surface area contributed by atoms with E-state index < -0.39 is 22.5 Å². The number of hydrogen-bond acceptors (Lipinski definition) is 6. The Hall–Kier alpha value is -3.30. The fraction of sp³-hybridized carbons (Fsp3) is 0.167. The molecular weight excluding hydrogens is 458 g/mol. The van der Waals surface area contributed by atoms with Crippen molar-refractivity contribution in [2.24, 2.45) is 5.10 Å². The molecule has 0 fully saturated rings. The second kappa shape index (κ2) is 11.5. The maximum Gasteiger partial charge on any atom is 0.264 e. The molecule has 1 N–H and O–H groups in total. The van der Waals surface area contributed by atoms with Crippen molar-refractivity contribution >= 4 is 39.6 Å². The molecule has 3 rings (SSSR count). The molecule has 33 heavy (non-hydrogen) atoms. The molecule has 0 aliphatic carbocycles. The number of nitrogens with one attached hydrogen (secondary N) is 1. The molecule has 0 heterocycles. The number of thioether (sulfide) groups is 1. The first kappa shape index (κ1) is 24.3. The van der Waals surface area contributed by atoms with Gasteiger partial charge in [-0.3, -0.25) is 9.10 Å². The highest BCUT2D eigenvalue weighted by Crippen LogP contribution is 2.25. The van der Waals surface area contributed by atoms with E-state index in [2.05, 4.69) is 10.5 Å². The van der Waals surface area contributed by atoms with Crippen molar-refractivity contribution in [1.29, 1.82) is 0 Å². The molecule has 3 aromatic rings. The van der Waals surface area contributed by atoms with Crippen LogP contribution in [0, 0.1) is 0 Å². The summed E-state index contributed by atoms with van der Waals surface area (Å²) in [5.74, 6) is 0.00528. The standard InChI is InChI=1S/C24H25N3O4S2/c1-3-31-21-11-15-23(16-12-21)33(29,30)27(20-7-5-4-6-8-20)18-24(28)26-25-17-19-9-13-22(32-2)14-10-19/h4-17H,3,18H2,1-2H3,(H,26,28)/b25-17-. The fourth-order valence-electron chi connectivity index (χ4n) is 2.95. The lowest BCUT2D eigenvalue weighted by molar-refractivity contribution is -0.119. The van der Waals surface area contributed by atoms with Crippen LogP contribution in [0.3, 0.4) is 0 Å². The lowest BCUT2D eigenvalue weighted by Crippen LogP contribution is -2.39. The normalized spacial score (nSPS) is 11.3. The van der Waals surface area contributed by atoms with Gasteiger partial charge >= 0.3 is 0 Å². The number of anilines is 1. The Labute approximate surface area is 198 Å². The van der Waals surface area contributed by atoms with E-state index >= 15 is 0 Å². The van der Waals surface area contributed by atoms with Gasteiger partial charge in [0.05, 0.1) is 23.4 Å². The molecule has 172 valence electrons. The Morgan fingerprint density at radius 1 is 1.03 bits per heavy atom. The van der Waals surface area contributed by atoms with Crippen molar-refractivity contribution in [3.05, 3.63) is 84.4 Å². The number of amides is 1. The summed E-state index contributed by atoms with van der Waals surface area (Å²) >= 11 is 1.63. The van der Waals surface area contributed by atoms with Crippen LogP contribution in [0.1, 0.15) is 12.5 Å². The van der Waals surface area contributed by atoms with Crippen LogP contribution in [0.25, 0.3) is 0 Å². The highest BCUT2D eigenvalue weighted by atomic mass is 32.2. The minimum Gasteiger partial charge on any atom is -0.494 e. The van der Waals surface area contributed by atoms with Gasteiger partial charge in [0.2, 0.25) is 0 Å². The third kappa shape index (κ3) is 6.59. The predicted octanol–water partition coefficient (Wildman–Crippen LogP) is 4.15. The smallest absolute Gasteiger partial charge is 0.264 e. The highest BCUT2D eigenvalue weighted by molar-refractivity contribution is 7.98. The van der Waals surface area contributed by atoms with Gasteiger partial charge in [0, 0.05) is 4.90 Å². The number of nitrogens with zero attached hydrogens (tertiary/aromatic N) is 2. The molecule has 0 saturated heterocycles. The Bertz CT molecular complexity index is 1180. The summed E-state index contributed by atoms with van der Waals surface area (Å²) in [7, 11) is -4.00. The number of carbonyl (C=O) groups excluding carboxylic acids is 1. The fourth-order valence-corrected chi connectivity index (χ4v) is 4.77. The molecule has 1 amide bonds. The number of sulfonamides is 1. The number of para-hydroxylation sites is 1. The number of benzene rings is 3. The first-order valence-electron chi connectivity index (χ1n) is 10.2. The van der Waals surface area contributed by atoms with E-state index in [0.29, 0.717) is 18.0 Å². The average molecular weight is 484 g/mol. The lowest BCUT2D eigenvalue weighted by atomic mass is 10.2. The van der Waals surface area contributed by atoms with Crippen LogP contribution >= 0.6 is 11.8 Å². The molecule has 3 aromatic carbocycles. The van der Waals surface area contributed by atoms with Gasteiger partial charge in [-0.2, -0.15) is 5.10 Å². The zero-order valence-corrected chi connectivity index (χ0v) is 20.0. The number of hydrazone groups is 1. The highest BCUT2D eigenvalue weighted by Gasteiger charge is 2.27. The van der Waals surface area contributed by atoms with E-state index in [9.17, 15) is 13.2 Å². The van der Waals surface area contributed by atoms with Crippen LogP contribution in [-0.2, 0) is 14.8 Å². The second-order valence-electron chi connectivity index (χ2n) is 6.82. The lowest BCUT2D eigenvalue weighted by Gasteiger charge is -2.23. The minimum atomic E-state index is -4.00. The molecule has 0 spiro atoms. The zero-order valence-electron chi connectivity index (χ0n) is 18.3. The quantitative estimate of drug-likeness (QED) is 0.266. The maximum absolute atomic E-state index is 13.4. The molecule has 0 radical (unpaired) electrons. The van der Waals surface area contributed by atoms with E-state index in [1.807, 2.05) is 37.4 Å². The van der Waals surface area contributed by atoms with Crippen molar-refractivity contribution in [3.63, 3.8) is 0 Å².